The Balaban J connectivity index is 1.92. The zero-order valence-corrected chi connectivity index (χ0v) is 15.3. The number of hydrogen-bond acceptors (Lipinski definition) is 2. The van der Waals surface area contributed by atoms with Crippen LogP contribution in [0.5, 0.6) is 5.75 Å². The van der Waals surface area contributed by atoms with Gasteiger partial charge in [0.15, 0.2) is 5.11 Å². The first kappa shape index (κ1) is 18.2. The number of methoxy groups -OCH3 is 1. The van der Waals surface area contributed by atoms with Gasteiger partial charge in [0, 0.05) is 6.54 Å². The van der Waals surface area contributed by atoms with E-state index in [1.165, 1.54) is 10.5 Å². The number of nitrogens with one attached hydrogen (secondary N) is 3. The molecule has 0 fully saturated rings. The van der Waals surface area contributed by atoms with Gasteiger partial charge >= 0.3 is 0 Å². The molecule has 2 aromatic carbocycles. The van der Waals surface area contributed by atoms with Crippen LogP contribution in [0, 0.1) is 0 Å². The van der Waals surface area contributed by atoms with E-state index in [1.807, 2.05) is 30.3 Å². The van der Waals surface area contributed by atoms with Gasteiger partial charge in [-0.25, -0.2) is 0 Å². The van der Waals surface area contributed by atoms with Gasteiger partial charge < -0.3 is 20.3 Å². The third kappa shape index (κ3) is 5.83. The minimum atomic E-state index is 0.187. The van der Waals surface area contributed by atoms with Crippen molar-refractivity contribution in [3.63, 3.8) is 0 Å². The van der Waals surface area contributed by atoms with Crippen LogP contribution in [0.15, 0.2) is 54.6 Å². The van der Waals surface area contributed by atoms with E-state index in [9.17, 15) is 0 Å². The van der Waals surface area contributed by atoms with Crippen LogP contribution in [0.2, 0.25) is 0 Å². The first-order chi connectivity index (χ1) is 11.6. The maximum absolute atomic E-state index is 5.47. The average Bonchev–Trinajstić information content (AvgIpc) is 2.60. The summed E-state index contributed by atoms with van der Waals surface area (Å²) in [5.74, 6) is 0.859. The first-order valence-electron chi connectivity index (χ1n) is 8.09. The fraction of sp³-hybridized carbons (Fsp3) is 0.316. The van der Waals surface area contributed by atoms with Crippen LogP contribution >= 0.6 is 12.2 Å². The van der Waals surface area contributed by atoms with E-state index in [1.54, 1.807) is 7.11 Å². The summed E-state index contributed by atoms with van der Waals surface area (Å²) in [6, 6.07) is 18.6. The lowest BCUT2D eigenvalue weighted by Gasteiger charge is -2.22. The van der Waals surface area contributed by atoms with Gasteiger partial charge in [-0.1, -0.05) is 42.5 Å². The van der Waals surface area contributed by atoms with Gasteiger partial charge in [0.05, 0.1) is 21.2 Å². The second kappa shape index (κ2) is 9.25. The zero-order chi connectivity index (χ0) is 17.4. The summed E-state index contributed by atoms with van der Waals surface area (Å²) in [5.41, 5.74) is 2.40. The molecule has 0 saturated carbocycles. The molecule has 0 aliphatic carbocycles. The quantitative estimate of drug-likeness (QED) is 0.666. The molecule has 0 aliphatic rings. The van der Waals surface area contributed by atoms with Gasteiger partial charge in [-0.15, -0.1) is 0 Å². The van der Waals surface area contributed by atoms with E-state index in [4.69, 9.17) is 17.0 Å². The largest absolute Gasteiger partial charge is 0.497 e. The standard InChI is InChI=1S/C19H25N3OS/c1-22(2)14-18(16-7-5-4-6-8-16)21-19(24)20-13-15-9-11-17(23-3)12-10-15/h4-12,18H,13-14H2,1-3H3,(H2,20,21,24)/p+1/t18-/m0/s1. The van der Waals surface area contributed by atoms with Gasteiger partial charge in [-0.05, 0) is 35.5 Å². The molecule has 0 aromatic heterocycles. The molecule has 0 unspecified atom stereocenters. The van der Waals surface area contributed by atoms with E-state index < -0.39 is 0 Å². The Morgan fingerprint density at radius 3 is 2.33 bits per heavy atom. The fourth-order valence-electron chi connectivity index (χ4n) is 2.48. The molecular formula is C19H26N3OS+. The first-order valence-corrected chi connectivity index (χ1v) is 8.50. The Morgan fingerprint density at radius 2 is 1.75 bits per heavy atom. The summed E-state index contributed by atoms with van der Waals surface area (Å²) in [4.78, 5) is 1.37. The van der Waals surface area contributed by atoms with Gasteiger partial charge in [0.2, 0.25) is 0 Å². The van der Waals surface area contributed by atoms with Crippen LogP contribution in [-0.4, -0.2) is 32.9 Å². The van der Waals surface area contributed by atoms with Gasteiger partial charge in [0.25, 0.3) is 0 Å². The second-order valence-electron chi connectivity index (χ2n) is 6.05. The number of thiocarbonyl (C=S) groups is 1. The smallest absolute Gasteiger partial charge is 0.167 e. The highest BCUT2D eigenvalue weighted by molar-refractivity contribution is 7.80. The van der Waals surface area contributed by atoms with Crippen molar-refractivity contribution in [2.24, 2.45) is 0 Å². The van der Waals surface area contributed by atoms with Crippen molar-refractivity contribution in [1.29, 1.82) is 0 Å². The van der Waals surface area contributed by atoms with Gasteiger partial charge in [0.1, 0.15) is 18.3 Å². The second-order valence-corrected chi connectivity index (χ2v) is 6.46. The molecule has 0 bridgehead atoms. The molecular weight excluding hydrogens is 318 g/mol. The molecule has 3 N–H and O–H groups in total. The predicted octanol–water partition coefficient (Wildman–Crippen LogP) is 1.55. The Hall–Kier alpha value is -2.11. The third-order valence-electron chi connectivity index (χ3n) is 3.73. The maximum Gasteiger partial charge on any atom is 0.167 e. The van der Waals surface area contributed by atoms with Crippen LogP contribution in [0.3, 0.4) is 0 Å². The van der Waals surface area contributed by atoms with Crippen LogP contribution in [0.4, 0.5) is 0 Å². The summed E-state index contributed by atoms with van der Waals surface area (Å²) in [6.07, 6.45) is 0. The highest BCUT2D eigenvalue weighted by Gasteiger charge is 2.15. The third-order valence-corrected chi connectivity index (χ3v) is 3.99. The monoisotopic (exact) mass is 344 g/mol. The number of quaternary nitrogens is 1. The topological polar surface area (TPSA) is 37.7 Å². The van der Waals surface area contributed by atoms with Crippen molar-refractivity contribution in [1.82, 2.24) is 10.6 Å². The van der Waals surface area contributed by atoms with Crippen molar-refractivity contribution in [3.8, 4) is 5.75 Å². The van der Waals surface area contributed by atoms with Crippen LogP contribution in [-0.2, 0) is 6.54 Å². The Bertz CT molecular complexity index is 629. The molecule has 0 spiro atoms. The molecule has 0 amide bonds. The normalized spacial score (nSPS) is 11.8. The lowest BCUT2D eigenvalue weighted by atomic mass is 10.1. The molecule has 24 heavy (non-hydrogen) atoms. The van der Waals surface area contributed by atoms with Crippen molar-refractivity contribution in [2.45, 2.75) is 12.6 Å². The molecule has 1 atom stereocenters. The van der Waals surface area contributed by atoms with Crippen LogP contribution in [0.1, 0.15) is 17.2 Å². The molecule has 5 heteroatoms. The summed E-state index contributed by atoms with van der Waals surface area (Å²) < 4.78 is 5.17. The highest BCUT2D eigenvalue weighted by atomic mass is 32.1. The molecule has 4 nitrogen and oxygen atoms in total. The minimum absolute atomic E-state index is 0.187. The van der Waals surface area contributed by atoms with E-state index in [0.29, 0.717) is 11.7 Å². The van der Waals surface area contributed by atoms with Crippen molar-refractivity contribution in [3.05, 3.63) is 65.7 Å². The Morgan fingerprint density at radius 1 is 1.08 bits per heavy atom. The van der Waals surface area contributed by atoms with Crippen molar-refractivity contribution >= 4 is 17.3 Å². The molecule has 2 rings (SSSR count). The molecule has 0 aliphatic heterocycles. The summed E-state index contributed by atoms with van der Waals surface area (Å²) in [6.45, 7) is 1.64. The zero-order valence-electron chi connectivity index (χ0n) is 14.5. The lowest BCUT2D eigenvalue weighted by Crippen LogP contribution is -3.06. The number of rotatable bonds is 7. The van der Waals surface area contributed by atoms with E-state index in [0.717, 1.165) is 17.9 Å². The molecule has 0 saturated heterocycles. The van der Waals surface area contributed by atoms with E-state index in [2.05, 4.69) is 49.0 Å². The van der Waals surface area contributed by atoms with Crippen molar-refractivity contribution < 1.29 is 9.64 Å². The molecule has 0 heterocycles. The Labute approximate surface area is 149 Å². The molecule has 2 aromatic rings. The summed E-state index contributed by atoms with van der Waals surface area (Å²) in [5, 5.41) is 7.38. The van der Waals surface area contributed by atoms with E-state index >= 15 is 0 Å². The lowest BCUT2D eigenvalue weighted by molar-refractivity contribution is -0.860. The van der Waals surface area contributed by atoms with Gasteiger partial charge in [-0.2, -0.15) is 0 Å². The molecule has 128 valence electrons. The number of ether oxygens (including phenoxy) is 1. The van der Waals surface area contributed by atoms with E-state index in [-0.39, 0.29) is 6.04 Å². The highest BCUT2D eigenvalue weighted by Crippen LogP contribution is 2.12. The maximum atomic E-state index is 5.47. The number of benzene rings is 2. The SMILES string of the molecule is COc1ccc(CNC(=S)N[C@@H](C[NH+](C)C)c2ccccc2)cc1. The number of likely N-dealkylation sites (N-methyl/N-ethyl adjacent to an activating group) is 1. The van der Waals surface area contributed by atoms with Crippen LogP contribution in [0.25, 0.3) is 0 Å². The minimum Gasteiger partial charge on any atom is -0.497 e. The fourth-order valence-corrected chi connectivity index (χ4v) is 2.70. The summed E-state index contributed by atoms with van der Waals surface area (Å²) in [7, 11) is 5.96. The van der Waals surface area contributed by atoms with Crippen LogP contribution < -0.4 is 20.3 Å². The average molecular weight is 345 g/mol. The molecule has 0 radical (unpaired) electrons. The predicted molar refractivity (Wildman–Crippen MR) is 102 cm³/mol. The number of hydrogen-bond donors (Lipinski definition) is 3. The summed E-state index contributed by atoms with van der Waals surface area (Å²) >= 11 is 5.47. The van der Waals surface area contributed by atoms with Crippen molar-refractivity contribution in [2.75, 3.05) is 27.7 Å². The Kier molecular flexibility index (Phi) is 7.03. The van der Waals surface area contributed by atoms with Gasteiger partial charge in [-0.3, -0.25) is 0 Å².